The first kappa shape index (κ1) is 15.3. The SMILES string of the molecule is COC(C)C1(C)CCN(C(=O)OC(C)(C)C)CC1. The maximum absolute atomic E-state index is 11.9. The van der Waals surface area contributed by atoms with Crippen molar-refractivity contribution >= 4 is 6.09 Å². The highest BCUT2D eigenvalue weighted by Gasteiger charge is 2.37. The summed E-state index contributed by atoms with van der Waals surface area (Å²) in [7, 11) is 1.75. The van der Waals surface area contributed by atoms with E-state index in [0.29, 0.717) is 0 Å². The molecule has 1 aliphatic heterocycles. The van der Waals surface area contributed by atoms with Crippen LogP contribution in [0.4, 0.5) is 4.79 Å². The highest BCUT2D eigenvalue weighted by molar-refractivity contribution is 5.68. The minimum atomic E-state index is -0.419. The lowest BCUT2D eigenvalue weighted by Crippen LogP contribution is -2.47. The third-order valence-corrected chi connectivity index (χ3v) is 3.89. The summed E-state index contributed by atoms with van der Waals surface area (Å²) in [5.74, 6) is 0. The summed E-state index contributed by atoms with van der Waals surface area (Å²) >= 11 is 0. The van der Waals surface area contributed by atoms with Crippen molar-refractivity contribution in [2.75, 3.05) is 20.2 Å². The van der Waals surface area contributed by atoms with Crippen LogP contribution < -0.4 is 0 Å². The fraction of sp³-hybridized carbons (Fsp3) is 0.929. The molecule has 0 aliphatic carbocycles. The second-order valence-electron chi connectivity index (χ2n) is 6.50. The van der Waals surface area contributed by atoms with Gasteiger partial charge in [0.1, 0.15) is 5.60 Å². The predicted octanol–water partition coefficient (Wildman–Crippen LogP) is 3.06. The molecular formula is C14H27NO3. The molecule has 0 bridgehead atoms. The van der Waals surface area contributed by atoms with E-state index in [2.05, 4.69) is 13.8 Å². The second-order valence-corrected chi connectivity index (χ2v) is 6.50. The predicted molar refractivity (Wildman–Crippen MR) is 71.6 cm³/mol. The van der Waals surface area contributed by atoms with Crippen molar-refractivity contribution in [3.63, 3.8) is 0 Å². The third kappa shape index (κ3) is 3.87. The Labute approximate surface area is 111 Å². The van der Waals surface area contributed by atoms with E-state index in [4.69, 9.17) is 9.47 Å². The number of piperidine rings is 1. The number of methoxy groups -OCH3 is 1. The molecule has 0 aromatic carbocycles. The van der Waals surface area contributed by atoms with Gasteiger partial charge < -0.3 is 14.4 Å². The lowest BCUT2D eigenvalue weighted by Gasteiger charge is -2.42. The van der Waals surface area contributed by atoms with Crippen LogP contribution in [0.5, 0.6) is 0 Å². The van der Waals surface area contributed by atoms with Crippen molar-refractivity contribution in [2.24, 2.45) is 5.41 Å². The molecule has 0 aromatic rings. The van der Waals surface area contributed by atoms with Crippen LogP contribution in [0.2, 0.25) is 0 Å². The van der Waals surface area contributed by atoms with Gasteiger partial charge >= 0.3 is 6.09 Å². The number of nitrogens with zero attached hydrogens (tertiary/aromatic N) is 1. The van der Waals surface area contributed by atoms with E-state index in [1.807, 2.05) is 20.8 Å². The minimum absolute atomic E-state index is 0.160. The molecule has 1 saturated heterocycles. The Bertz CT molecular complexity index is 288. The quantitative estimate of drug-likeness (QED) is 0.763. The standard InChI is InChI=1S/C14H27NO3/c1-11(17-6)14(5)7-9-15(10-8-14)12(16)18-13(2,3)4/h11H,7-10H2,1-6H3. The first-order valence-electron chi connectivity index (χ1n) is 6.69. The summed E-state index contributed by atoms with van der Waals surface area (Å²) in [5, 5.41) is 0. The zero-order chi connectivity index (χ0) is 14.0. The monoisotopic (exact) mass is 257 g/mol. The topological polar surface area (TPSA) is 38.8 Å². The molecule has 1 atom stereocenters. The minimum Gasteiger partial charge on any atom is -0.444 e. The van der Waals surface area contributed by atoms with E-state index in [9.17, 15) is 4.79 Å². The van der Waals surface area contributed by atoms with Crippen LogP contribution in [-0.4, -0.2) is 42.9 Å². The molecule has 1 fully saturated rings. The van der Waals surface area contributed by atoms with Crippen LogP contribution in [-0.2, 0) is 9.47 Å². The number of hydrogen-bond donors (Lipinski definition) is 0. The number of hydrogen-bond acceptors (Lipinski definition) is 3. The van der Waals surface area contributed by atoms with Gasteiger partial charge in [0.15, 0.2) is 0 Å². The Hall–Kier alpha value is -0.770. The van der Waals surface area contributed by atoms with E-state index < -0.39 is 5.60 Å². The van der Waals surface area contributed by atoms with Crippen molar-refractivity contribution in [1.82, 2.24) is 4.90 Å². The number of likely N-dealkylation sites (tertiary alicyclic amines) is 1. The normalized spacial score (nSPS) is 21.6. The van der Waals surface area contributed by atoms with Crippen LogP contribution >= 0.6 is 0 Å². The lowest BCUT2D eigenvalue weighted by atomic mass is 9.76. The molecule has 1 rings (SSSR count). The molecule has 1 unspecified atom stereocenters. The van der Waals surface area contributed by atoms with Gasteiger partial charge in [0, 0.05) is 20.2 Å². The van der Waals surface area contributed by atoms with E-state index in [-0.39, 0.29) is 17.6 Å². The zero-order valence-electron chi connectivity index (χ0n) is 12.6. The van der Waals surface area contributed by atoms with Gasteiger partial charge in [-0.1, -0.05) is 6.92 Å². The van der Waals surface area contributed by atoms with E-state index in [1.54, 1.807) is 12.0 Å². The fourth-order valence-corrected chi connectivity index (χ4v) is 2.22. The first-order chi connectivity index (χ1) is 8.18. The molecule has 4 nitrogen and oxygen atoms in total. The van der Waals surface area contributed by atoms with E-state index in [0.717, 1.165) is 25.9 Å². The molecule has 1 aliphatic rings. The zero-order valence-corrected chi connectivity index (χ0v) is 12.6. The summed E-state index contributed by atoms with van der Waals surface area (Å²) in [5.41, 5.74) is -0.259. The molecule has 1 amide bonds. The van der Waals surface area contributed by atoms with E-state index in [1.165, 1.54) is 0 Å². The van der Waals surface area contributed by atoms with E-state index >= 15 is 0 Å². The van der Waals surface area contributed by atoms with Crippen LogP contribution in [0.1, 0.15) is 47.5 Å². The van der Waals surface area contributed by atoms with Gasteiger partial charge in [-0.05, 0) is 46.0 Å². The molecule has 18 heavy (non-hydrogen) atoms. The van der Waals surface area contributed by atoms with Crippen molar-refractivity contribution in [2.45, 2.75) is 59.2 Å². The molecule has 0 aromatic heterocycles. The highest BCUT2D eigenvalue weighted by atomic mass is 16.6. The Morgan fingerprint density at radius 1 is 1.28 bits per heavy atom. The van der Waals surface area contributed by atoms with Crippen molar-refractivity contribution in [3.05, 3.63) is 0 Å². The van der Waals surface area contributed by atoms with Crippen LogP contribution in [0.25, 0.3) is 0 Å². The Balaban J connectivity index is 2.51. The van der Waals surface area contributed by atoms with Gasteiger partial charge in [0.05, 0.1) is 6.10 Å². The largest absolute Gasteiger partial charge is 0.444 e. The molecule has 0 spiro atoms. The molecule has 4 heteroatoms. The molecular weight excluding hydrogens is 230 g/mol. The third-order valence-electron chi connectivity index (χ3n) is 3.89. The lowest BCUT2D eigenvalue weighted by molar-refractivity contribution is -0.0353. The van der Waals surface area contributed by atoms with Gasteiger partial charge in [0.2, 0.25) is 0 Å². The maximum Gasteiger partial charge on any atom is 0.410 e. The van der Waals surface area contributed by atoms with Gasteiger partial charge in [-0.15, -0.1) is 0 Å². The summed E-state index contributed by atoms with van der Waals surface area (Å²) in [6.07, 6.45) is 1.94. The summed E-state index contributed by atoms with van der Waals surface area (Å²) < 4.78 is 10.8. The number of carbonyl (C=O) groups is 1. The molecule has 0 radical (unpaired) electrons. The van der Waals surface area contributed by atoms with Crippen molar-refractivity contribution in [1.29, 1.82) is 0 Å². The van der Waals surface area contributed by atoms with Gasteiger partial charge in [-0.2, -0.15) is 0 Å². The highest BCUT2D eigenvalue weighted by Crippen LogP contribution is 2.36. The van der Waals surface area contributed by atoms with Crippen molar-refractivity contribution < 1.29 is 14.3 Å². The fourth-order valence-electron chi connectivity index (χ4n) is 2.22. The number of carbonyl (C=O) groups excluding carboxylic acids is 1. The average Bonchev–Trinajstić information content (AvgIpc) is 2.26. The van der Waals surface area contributed by atoms with Gasteiger partial charge in [0.25, 0.3) is 0 Å². The van der Waals surface area contributed by atoms with Crippen LogP contribution in [0, 0.1) is 5.41 Å². The van der Waals surface area contributed by atoms with Gasteiger partial charge in [-0.25, -0.2) is 4.79 Å². The van der Waals surface area contributed by atoms with Gasteiger partial charge in [-0.3, -0.25) is 0 Å². The molecule has 0 N–H and O–H groups in total. The van der Waals surface area contributed by atoms with Crippen LogP contribution in [0.3, 0.4) is 0 Å². The molecule has 1 heterocycles. The Kier molecular flexibility index (Phi) is 4.65. The molecule has 106 valence electrons. The Morgan fingerprint density at radius 2 is 1.78 bits per heavy atom. The number of amides is 1. The molecule has 0 saturated carbocycles. The number of rotatable bonds is 2. The maximum atomic E-state index is 11.9. The van der Waals surface area contributed by atoms with Crippen LogP contribution in [0.15, 0.2) is 0 Å². The number of ether oxygens (including phenoxy) is 2. The first-order valence-corrected chi connectivity index (χ1v) is 6.69. The summed E-state index contributed by atoms with van der Waals surface area (Å²) in [4.78, 5) is 13.7. The Morgan fingerprint density at radius 3 is 2.17 bits per heavy atom. The average molecular weight is 257 g/mol. The summed E-state index contributed by atoms with van der Waals surface area (Å²) in [6.45, 7) is 11.5. The second kappa shape index (κ2) is 5.47. The smallest absolute Gasteiger partial charge is 0.410 e. The van der Waals surface area contributed by atoms with Crippen molar-refractivity contribution in [3.8, 4) is 0 Å². The summed E-state index contributed by atoms with van der Waals surface area (Å²) in [6, 6.07) is 0.